The number of hydrogen-bond acceptors (Lipinski definition) is 2. The predicted octanol–water partition coefficient (Wildman–Crippen LogP) is 3.28. The van der Waals surface area contributed by atoms with Gasteiger partial charge in [0.1, 0.15) is 0 Å². The molecular weight excluding hydrogens is 252 g/mol. The Hall–Kier alpha value is -2.33. The summed E-state index contributed by atoms with van der Waals surface area (Å²) < 4.78 is 0. The largest absolute Gasteiger partial charge is 0.339 e. The Bertz CT molecular complexity index is 552. The van der Waals surface area contributed by atoms with Gasteiger partial charge in [0.25, 0.3) is 0 Å². The number of nitrogens with one attached hydrogen (secondary N) is 2. The quantitative estimate of drug-likeness (QED) is 0.838. The Morgan fingerprint density at radius 2 is 1.60 bits per heavy atom. The first-order chi connectivity index (χ1) is 9.70. The van der Waals surface area contributed by atoms with Gasteiger partial charge in [-0.15, -0.1) is 0 Å². The van der Waals surface area contributed by atoms with Gasteiger partial charge in [0.2, 0.25) is 0 Å². The average Bonchev–Trinajstić information content (AvgIpc) is 2.48. The molecule has 0 aliphatic heterocycles. The molecule has 1 atom stereocenters. The normalized spacial score (nSPS) is 11.7. The van der Waals surface area contributed by atoms with E-state index >= 15 is 0 Å². The van der Waals surface area contributed by atoms with Crippen LogP contribution in [0.5, 0.6) is 0 Å². The van der Waals surface area contributed by atoms with E-state index in [1.165, 1.54) is 12.7 Å². The summed E-state index contributed by atoms with van der Waals surface area (Å²) in [6.45, 7) is 1.92. The van der Waals surface area contributed by atoms with E-state index in [0.29, 0.717) is 0 Å². The van der Waals surface area contributed by atoms with Crippen molar-refractivity contribution in [3.63, 3.8) is 0 Å². The maximum absolute atomic E-state index is 11.4. The molecule has 2 amide bonds. The van der Waals surface area contributed by atoms with Gasteiger partial charge in [-0.1, -0.05) is 54.6 Å². The lowest BCUT2D eigenvalue weighted by Crippen LogP contribution is -2.36. The van der Waals surface area contributed by atoms with Crippen LogP contribution in [0.4, 0.5) is 4.79 Å². The lowest BCUT2D eigenvalue weighted by Gasteiger charge is -2.14. The van der Waals surface area contributed by atoms with Crippen molar-refractivity contribution in [3.05, 3.63) is 60.2 Å². The summed E-state index contributed by atoms with van der Waals surface area (Å²) in [5.41, 5.74) is 5.60. The smallest absolute Gasteiger partial charge is 0.330 e. The first-order valence-corrected chi connectivity index (χ1v) is 6.45. The number of urea groups is 1. The Morgan fingerprint density at radius 1 is 1.00 bits per heavy atom. The Morgan fingerprint density at radius 3 is 2.20 bits per heavy atom. The highest BCUT2D eigenvalue weighted by molar-refractivity contribution is 5.73. The predicted molar refractivity (Wildman–Crippen MR) is 79.0 cm³/mol. The molecule has 2 N–H and O–H groups in total. The Kier molecular flexibility index (Phi) is 4.74. The summed E-state index contributed by atoms with van der Waals surface area (Å²) in [5, 5.41) is 2.78. The summed E-state index contributed by atoms with van der Waals surface area (Å²) in [7, 11) is 1.40. The number of benzene rings is 2. The van der Waals surface area contributed by atoms with Gasteiger partial charge in [-0.05, 0) is 23.6 Å². The maximum atomic E-state index is 11.4. The highest BCUT2D eigenvalue weighted by Crippen LogP contribution is 2.21. The van der Waals surface area contributed by atoms with Crippen LogP contribution in [0.3, 0.4) is 0 Å². The van der Waals surface area contributed by atoms with E-state index in [9.17, 15) is 4.79 Å². The first-order valence-electron chi connectivity index (χ1n) is 6.45. The summed E-state index contributed by atoms with van der Waals surface area (Å²) in [4.78, 5) is 15.9. The summed E-state index contributed by atoms with van der Waals surface area (Å²) in [6, 6.07) is 17.9. The third-order valence-corrected chi connectivity index (χ3v) is 3.06. The number of carbonyl (C=O) groups excluding carboxylic acids is 1. The molecule has 0 unspecified atom stereocenters. The van der Waals surface area contributed by atoms with Gasteiger partial charge < -0.3 is 5.32 Å². The standard InChI is InChI=1S/C16H18N2O2/c1-12(17-16(19)18-20-2)13-8-10-15(11-9-13)14-6-4-3-5-7-14/h3-12H,1-2H3,(H2,17,18,19)/t12-/m1/s1. The third kappa shape index (κ3) is 3.59. The van der Waals surface area contributed by atoms with Crippen molar-refractivity contribution in [2.24, 2.45) is 0 Å². The molecule has 0 saturated carbocycles. The van der Waals surface area contributed by atoms with Gasteiger partial charge in [-0.2, -0.15) is 0 Å². The van der Waals surface area contributed by atoms with E-state index in [1.54, 1.807) is 0 Å². The zero-order valence-electron chi connectivity index (χ0n) is 11.6. The highest BCUT2D eigenvalue weighted by atomic mass is 16.6. The Balaban J connectivity index is 2.06. The zero-order valence-corrected chi connectivity index (χ0v) is 11.6. The molecule has 2 aromatic rings. The highest BCUT2D eigenvalue weighted by Gasteiger charge is 2.09. The molecule has 0 aliphatic carbocycles. The first kappa shape index (κ1) is 14.1. The van der Waals surface area contributed by atoms with Crippen LogP contribution in [-0.4, -0.2) is 13.1 Å². The summed E-state index contributed by atoms with van der Waals surface area (Å²) in [6.07, 6.45) is 0. The lowest BCUT2D eigenvalue weighted by atomic mass is 10.0. The molecule has 4 heteroatoms. The molecule has 0 aromatic heterocycles. The molecule has 2 aromatic carbocycles. The van der Waals surface area contributed by atoms with E-state index in [1.807, 2.05) is 37.3 Å². The van der Waals surface area contributed by atoms with E-state index in [4.69, 9.17) is 0 Å². The maximum Gasteiger partial charge on any atom is 0.339 e. The van der Waals surface area contributed by atoms with Gasteiger partial charge in [0.15, 0.2) is 0 Å². The van der Waals surface area contributed by atoms with Gasteiger partial charge in [-0.25, -0.2) is 10.3 Å². The molecule has 0 saturated heterocycles. The van der Waals surface area contributed by atoms with Crippen LogP contribution in [0.25, 0.3) is 11.1 Å². The van der Waals surface area contributed by atoms with Gasteiger partial charge in [0, 0.05) is 0 Å². The van der Waals surface area contributed by atoms with E-state index in [-0.39, 0.29) is 12.1 Å². The van der Waals surface area contributed by atoms with Crippen molar-refractivity contribution in [3.8, 4) is 11.1 Å². The number of amides is 2. The van der Waals surface area contributed by atoms with Gasteiger partial charge in [0.05, 0.1) is 13.2 Å². The summed E-state index contributed by atoms with van der Waals surface area (Å²) in [5.74, 6) is 0. The second-order valence-corrected chi connectivity index (χ2v) is 4.49. The topological polar surface area (TPSA) is 50.4 Å². The molecule has 0 heterocycles. The molecule has 0 fully saturated rings. The van der Waals surface area contributed by atoms with Crippen molar-refractivity contribution in [1.82, 2.24) is 10.8 Å². The summed E-state index contributed by atoms with van der Waals surface area (Å²) >= 11 is 0. The SMILES string of the molecule is CONC(=O)N[C@H](C)c1ccc(-c2ccccc2)cc1. The van der Waals surface area contributed by atoms with Crippen molar-refractivity contribution in [2.45, 2.75) is 13.0 Å². The second kappa shape index (κ2) is 6.73. The fraction of sp³-hybridized carbons (Fsp3) is 0.188. The molecule has 2 rings (SSSR count). The second-order valence-electron chi connectivity index (χ2n) is 4.49. The van der Waals surface area contributed by atoms with Crippen molar-refractivity contribution in [2.75, 3.05) is 7.11 Å². The Labute approximate surface area is 118 Å². The molecule has 0 aliphatic rings. The van der Waals surface area contributed by atoms with Crippen LogP contribution in [0.15, 0.2) is 54.6 Å². The van der Waals surface area contributed by atoms with E-state index in [0.717, 1.165) is 11.1 Å². The van der Waals surface area contributed by atoms with Crippen molar-refractivity contribution in [1.29, 1.82) is 0 Å². The van der Waals surface area contributed by atoms with Crippen LogP contribution >= 0.6 is 0 Å². The fourth-order valence-corrected chi connectivity index (χ4v) is 2.00. The lowest BCUT2D eigenvalue weighted by molar-refractivity contribution is 0.106. The number of hydrogen-bond donors (Lipinski definition) is 2. The minimum absolute atomic E-state index is 0.0880. The molecular formula is C16H18N2O2. The van der Waals surface area contributed by atoms with Crippen molar-refractivity contribution >= 4 is 6.03 Å². The van der Waals surface area contributed by atoms with E-state index in [2.05, 4.69) is 39.9 Å². The number of rotatable bonds is 4. The number of carbonyl (C=O) groups is 1. The van der Waals surface area contributed by atoms with Gasteiger partial charge in [-0.3, -0.25) is 4.84 Å². The monoisotopic (exact) mass is 270 g/mol. The van der Waals surface area contributed by atoms with Crippen LogP contribution in [0.1, 0.15) is 18.5 Å². The molecule has 20 heavy (non-hydrogen) atoms. The molecule has 4 nitrogen and oxygen atoms in total. The van der Waals surface area contributed by atoms with Gasteiger partial charge >= 0.3 is 6.03 Å². The zero-order chi connectivity index (χ0) is 14.4. The fourth-order valence-electron chi connectivity index (χ4n) is 2.00. The van der Waals surface area contributed by atoms with Crippen LogP contribution in [-0.2, 0) is 4.84 Å². The minimum atomic E-state index is -0.355. The van der Waals surface area contributed by atoms with Crippen LogP contribution in [0.2, 0.25) is 0 Å². The third-order valence-electron chi connectivity index (χ3n) is 3.06. The van der Waals surface area contributed by atoms with Crippen LogP contribution < -0.4 is 10.8 Å². The molecule has 0 radical (unpaired) electrons. The van der Waals surface area contributed by atoms with Crippen molar-refractivity contribution < 1.29 is 9.63 Å². The molecule has 104 valence electrons. The van der Waals surface area contributed by atoms with E-state index < -0.39 is 0 Å². The molecule has 0 spiro atoms. The average molecular weight is 270 g/mol. The minimum Gasteiger partial charge on any atom is -0.330 e. The molecule has 0 bridgehead atoms. The number of hydroxylamine groups is 1. The van der Waals surface area contributed by atoms with Crippen LogP contribution in [0, 0.1) is 0 Å².